The summed E-state index contributed by atoms with van der Waals surface area (Å²) in [6, 6.07) is 14.9. The van der Waals surface area contributed by atoms with E-state index in [0.717, 1.165) is 5.75 Å². The minimum absolute atomic E-state index is 0.0394. The monoisotopic (exact) mass is 400 g/mol. The third kappa shape index (κ3) is 7.22. The predicted molar refractivity (Wildman–Crippen MR) is 111 cm³/mol. The maximum Gasteiger partial charge on any atom is 0.242 e. The number of nitrogens with one attached hydrogen (secondary N) is 1. The molecule has 2 rings (SSSR count). The first-order valence-corrected chi connectivity index (χ1v) is 9.89. The van der Waals surface area contributed by atoms with Gasteiger partial charge in [0.15, 0.2) is 0 Å². The lowest BCUT2D eigenvalue weighted by atomic mass is 10.1. The number of ether oxygens (including phenoxy) is 1. The quantitative estimate of drug-likeness (QED) is 0.615. The summed E-state index contributed by atoms with van der Waals surface area (Å²) in [4.78, 5) is 26.8. The van der Waals surface area contributed by atoms with Crippen molar-refractivity contribution < 1.29 is 18.7 Å². The van der Waals surface area contributed by atoms with Gasteiger partial charge in [-0.15, -0.1) is 0 Å². The van der Waals surface area contributed by atoms with Gasteiger partial charge in [0.2, 0.25) is 11.8 Å². The summed E-state index contributed by atoms with van der Waals surface area (Å²) < 4.78 is 19.7. The molecular formula is C23H29FN2O3. The molecule has 0 fully saturated rings. The standard InChI is InChI=1S/C23H29FN2O3/c1-17(2)25-23(28)18(3)26(16-19-10-7-8-13-21(19)24)22(27)14-9-15-29-20-11-5-4-6-12-20/h4-8,10-13,17-18H,9,14-16H2,1-3H3,(H,25,28)/t18-/m0/s1. The minimum atomic E-state index is -0.709. The Bertz CT molecular complexity index is 796. The Hall–Kier alpha value is -2.89. The van der Waals surface area contributed by atoms with Crippen LogP contribution in [0.4, 0.5) is 4.39 Å². The van der Waals surface area contributed by atoms with Gasteiger partial charge in [0.25, 0.3) is 0 Å². The minimum Gasteiger partial charge on any atom is -0.494 e. The van der Waals surface area contributed by atoms with E-state index in [9.17, 15) is 14.0 Å². The zero-order chi connectivity index (χ0) is 21.2. The number of halogens is 1. The fraction of sp³-hybridized carbons (Fsp3) is 0.391. The maximum absolute atomic E-state index is 14.1. The molecule has 0 saturated carbocycles. The van der Waals surface area contributed by atoms with Crippen molar-refractivity contribution in [1.29, 1.82) is 0 Å². The van der Waals surface area contributed by atoms with Gasteiger partial charge >= 0.3 is 0 Å². The van der Waals surface area contributed by atoms with Gasteiger partial charge in [-0.25, -0.2) is 4.39 Å². The molecule has 29 heavy (non-hydrogen) atoms. The number of nitrogens with zero attached hydrogens (tertiary/aromatic N) is 1. The Balaban J connectivity index is 2.01. The van der Waals surface area contributed by atoms with Crippen LogP contribution in [0.15, 0.2) is 54.6 Å². The number of para-hydroxylation sites is 1. The van der Waals surface area contributed by atoms with Crippen LogP contribution in [-0.2, 0) is 16.1 Å². The first-order chi connectivity index (χ1) is 13.9. The molecule has 6 heteroatoms. The van der Waals surface area contributed by atoms with Gasteiger partial charge in [0, 0.05) is 24.6 Å². The Morgan fingerprint density at radius 2 is 1.69 bits per heavy atom. The molecule has 0 heterocycles. The summed E-state index contributed by atoms with van der Waals surface area (Å²) in [5.41, 5.74) is 0.380. The molecule has 2 aromatic rings. The molecule has 2 aromatic carbocycles. The van der Waals surface area contributed by atoms with E-state index in [1.165, 1.54) is 11.0 Å². The van der Waals surface area contributed by atoms with Crippen molar-refractivity contribution in [3.63, 3.8) is 0 Å². The molecule has 0 aliphatic rings. The number of amides is 2. The fourth-order valence-electron chi connectivity index (χ4n) is 2.87. The van der Waals surface area contributed by atoms with Crippen LogP contribution in [0, 0.1) is 5.82 Å². The van der Waals surface area contributed by atoms with Gasteiger partial charge in [0.05, 0.1) is 6.61 Å². The van der Waals surface area contributed by atoms with Crippen molar-refractivity contribution in [2.24, 2.45) is 0 Å². The average molecular weight is 400 g/mol. The Kier molecular flexibility index (Phi) is 8.65. The van der Waals surface area contributed by atoms with E-state index in [-0.39, 0.29) is 30.8 Å². The number of hydrogen-bond acceptors (Lipinski definition) is 3. The number of carbonyl (C=O) groups excluding carboxylic acids is 2. The first-order valence-electron chi connectivity index (χ1n) is 9.89. The van der Waals surface area contributed by atoms with E-state index in [0.29, 0.717) is 18.6 Å². The van der Waals surface area contributed by atoms with Crippen molar-refractivity contribution in [3.8, 4) is 5.75 Å². The Morgan fingerprint density at radius 3 is 2.34 bits per heavy atom. The van der Waals surface area contributed by atoms with Crippen molar-refractivity contribution in [2.45, 2.75) is 52.2 Å². The van der Waals surface area contributed by atoms with Crippen molar-refractivity contribution in [3.05, 3.63) is 66.0 Å². The summed E-state index contributed by atoms with van der Waals surface area (Å²) in [6.45, 7) is 5.80. The van der Waals surface area contributed by atoms with E-state index >= 15 is 0 Å². The summed E-state index contributed by atoms with van der Waals surface area (Å²) in [7, 11) is 0. The molecule has 0 saturated heterocycles. The third-order valence-electron chi connectivity index (χ3n) is 4.44. The van der Waals surface area contributed by atoms with E-state index in [4.69, 9.17) is 4.74 Å². The topological polar surface area (TPSA) is 58.6 Å². The first kappa shape index (κ1) is 22.4. The largest absolute Gasteiger partial charge is 0.494 e. The number of hydrogen-bond donors (Lipinski definition) is 1. The predicted octanol–water partition coefficient (Wildman–Crippen LogP) is 3.93. The smallest absolute Gasteiger partial charge is 0.242 e. The molecule has 5 nitrogen and oxygen atoms in total. The second-order valence-electron chi connectivity index (χ2n) is 7.22. The van der Waals surface area contributed by atoms with E-state index < -0.39 is 11.9 Å². The maximum atomic E-state index is 14.1. The molecule has 0 bridgehead atoms. The highest BCUT2D eigenvalue weighted by molar-refractivity contribution is 5.87. The van der Waals surface area contributed by atoms with Crippen LogP contribution in [0.5, 0.6) is 5.75 Å². The van der Waals surface area contributed by atoms with E-state index in [1.807, 2.05) is 44.2 Å². The second kappa shape index (κ2) is 11.2. The van der Waals surface area contributed by atoms with Gasteiger partial charge < -0.3 is 15.0 Å². The van der Waals surface area contributed by atoms with Crippen LogP contribution in [0.25, 0.3) is 0 Å². The molecule has 1 atom stereocenters. The van der Waals surface area contributed by atoms with E-state index in [2.05, 4.69) is 5.32 Å². The molecule has 0 spiro atoms. The Morgan fingerprint density at radius 1 is 1.03 bits per heavy atom. The molecule has 0 radical (unpaired) electrons. The summed E-state index contributed by atoms with van der Waals surface area (Å²) >= 11 is 0. The van der Waals surface area contributed by atoms with Crippen LogP contribution in [0.3, 0.4) is 0 Å². The van der Waals surface area contributed by atoms with Gasteiger partial charge in [0.1, 0.15) is 17.6 Å². The van der Waals surface area contributed by atoms with Crippen LogP contribution in [0.1, 0.15) is 39.2 Å². The zero-order valence-electron chi connectivity index (χ0n) is 17.2. The summed E-state index contributed by atoms with van der Waals surface area (Å²) in [5, 5.41) is 2.82. The molecule has 156 valence electrons. The lowest BCUT2D eigenvalue weighted by Crippen LogP contribution is -2.49. The van der Waals surface area contributed by atoms with Crippen molar-refractivity contribution >= 4 is 11.8 Å². The lowest BCUT2D eigenvalue weighted by molar-refractivity contribution is -0.141. The molecule has 0 unspecified atom stereocenters. The van der Waals surface area contributed by atoms with Crippen LogP contribution in [-0.4, -0.2) is 35.4 Å². The molecule has 1 N–H and O–H groups in total. The average Bonchev–Trinajstić information content (AvgIpc) is 2.70. The molecule has 0 aliphatic heterocycles. The molecule has 0 aliphatic carbocycles. The fourth-order valence-corrected chi connectivity index (χ4v) is 2.87. The van der Waals surface area contributed by atoms with Gasteiger partial charge in [-0.3, -0.25) is 9.59 Å². The highest BCUT2D eigenvalue weighted by atomic mass is 19.1. The van der Waals surface area contributed by atoms with Crippen LogP contribution in [0.2, 0.25) is 0 Å². The van der Waals surface area contributed by atoms with Crippen molar-refractivity contribution in [2.75, 3.05) is 6.61 Å². The Labute approximate surface area is 171 Å². The zero-order valence-corrected chi connectivity index (χ0v) is 17.2. The highest BCUT2D eigenvalue weighted by Crippen LogP contribution is 2.15. The molecule has 0 aromatic heterocycles. The van der Waals surface area contributed by atoms with Crippen molar-refractivity contribution in [1.82, 2.24) is 10.2 Å². The third-order valence-corrected chi connectivity index (χ3v) is 4.44. The summed E-state index contributed by atoms with van der Waals surface area (Å²) in [5.74, 6) is -0.122. The van der Waals surface area contributed by atoms with Crippen LogP contribution >= 0.6 is 0 Å². The van der Waals surface area contributed by atoms with Gasteiger partial charge in [-0.2, -0.15) is 0 Å². The number of rotatable bonds is 10. The normalized spacial score (nSPS) is 11.8. The van der Waals surface area contributed by atoms with Gasteiger partial charge in [-0.05, 0) is 45.4 Å². The second-order valence-corrected chi connectivity index (χ2v) is 7.22. The highest BCUT2D eigenvalue weighted by Gasteiger charge is 2.26. The SMILES string of the molecule is CC(C)NC(=O)[C@H](C)N(Cc1ccccc1F)C(=O)CCCOc1ccccc1. The number of benzene rings is 2. The van der Waals surface area contributed by atoms with Gasteiger partial charge in [-0.1, -0.05) is 36.4 Å². The van der Waals surface area contributed by atoms with Crippen LogP contribution < -0.4 is 10.1 Å². The molecule has 2 amide bonds. The molecular weight excluding hydrogens is 371 g/mol. The summed E-state index contributed by atoms with van der Waals surface area (Å²) in [6.07, 6.45) is 0.709. The lowest BCUT2D eigenvalue weighted by Gasteiger charge is -2.29. The number of carbonyl (C=O) groups is 2. The van der Waals surface area contributed by atoms with E-state index in [1.54, 1.807) is 25.1 Å².